The molecule has 0 bridgehead atoms. The van der Waals surface area contributed by atoms with Crippen LogP contribution in [0.25, 0.3) is 5.69 Å². The van der Waals surface area contributed by atoms with E-state index >= 15 is 0 Å². The Balaban J connectivity index is 1.78. The number of hydrogen-bond donors (Lipinski definition) is 1. The molecule has 0 aliphatic carbocycles. The van der Waals surface area contributed by atoms with Crippen molar-refractivity contribution in [2.75, 3.05) is 7.05 Å². The van der Waals surface area contributed by atoms with E-state index < -0.39 is 0 Å². The molecule has 1 amide bonds. The van der Waals surface area contributed by atoms with Gasteiger partial charge in [0.15, 0.2) is 0 Å². The molecular weight excluding hydrogens is 292 g/mol. The van der Waals surface area contributed by atoms with Crippen molar-refractivity contribution in [3.8, 4) is 11.4 Å². The molecule has 0 aliphatic rings. The molecule has 0 radical (unpaired) electrons. The van der Waals surface area contributed by atoms with Crippen molar-refractivity contribution in [3.05, 3.63) is 72.3 Å². The molecule has 0 saturated heterocycles. The van der Waals surface area contributed by atoms with Gasteiger partial charge in [-0.1, -0.05) is 12.1 Å². The van der Waals surface area contributed by atoms with E-state index in [1.807, 2.05) is 36.5 Å². The summed E-state index contributed by atoms with van der Waals surface area (Å²) in [6.07, 6.45) is 6.33. The third-order valence-corrected chi connectivity index (χ3v) is 3.48. The molecule has 0 aliphatic heterocycles. The molecule has 1 aromatic carbocycles. The molecule has 0 atom stereocenters. The standard InChI is InChI=1S/C17H16N4O2/c1-20(17(23)15-6-8-18-11-16(15)22)12-13-4-2-5-14(10-13)21-9-3-7-19-21/h2-11,22H,12H2,1H3. The summed E-state index contributed by atoms with van der Waals surface area (Å²) in [5.41, 5.74) is 2.15. The highest BCUT2D eigenvalue weighted by Gasteiger charge is 2.16. The monoisotopic (exact) mass is 308 g/mol. The molecule has 2 heterocycles. The molecule has 6 heteroatoms. The third-order valence-electron chi connectivity index (χ3n) is 3.48. The smallest absolute Gasteiger partial charge is 0.257 e. The second-order valence-electron chi connectivity index (χ2n) is 5.17. The predicted molar refractivity (Wildman–Crippen MR) is 85.3 cm³/mol. The number of hydrogen-bond acceptors (Lipinski definition) is 4. The molecule has 0 saturated carbocycles. The Morgan fingerprint density at radius 3 is 2.87 bits per heavy atom. The molecule has 3 aromatic rings. The SMILES string of the molecule is CN(Cc1cccc(-n2cccn2)c1)C(=O)c1ccncc1O. The maximum Gasteiger partial charge on any atom is 0.257 e. The van der Waals surface area contributed by atoms with Gasteiger partial charge in [0.1, 0.15) is 5.75 Å². The van der Waals surface area contributed by atoms with Crippen LogP contribution in [0.3, 0.4) is 0 Å². The second-order valence-corrected chi connectivity index (χ2v) is 5.17. The van der Waals surface area contributed by atoms with Crippen LogP contribution in [0, 0.1) is 0 Å². The molecule has 6 nitrogen and oxygen atoms in total. The van der Waals surface area contributed by atoms with Gasteiger partial charge in [-0.15, -0.1) is 0 Å². The van der Waals surface area contributed by atoms with Crippen molar-refractivity contribution < 1.29 is 9.90 Å². The van der Waals surface area contributed by atoms with Crippen LogP contribution in [0.1, 0.15) is 15.9 Å². The Labute approximate surface area is 133 Å². The van der Waals surface area contributed by atoms with Gasteiger partial charge >= 0.3 is 0 Å². The van der Waals surface area contributed by atoms with E-state index in [0.717, 1.165) is 11.3 Å². The Morgan fingerprint density at radius 1 is 1.26 bits per heavy atom. The van der Waals surface area contributed by atoms with E-state index in [1.54, 1.807) is 22.8 Å². The zero-order chi connectivity index (χ0) is 16.2. The normalized spacial score (nSPS) is 10.5. The van der Waals surface area contributed by atoms with Gasteiger partial charge in [-0.25, -0.2) is 4.68 Å². The highest BCUT2D eigenvalue weighted by Crippen LogP contribution is 2.18. The van der Waals surface area contributed by atoms with E-state index in [9.17, 15) is 9.90 Å². The average molecular weight is 308 g/mol. The first-order valence-electron chi connectivity index (χ1n) is 7.12. The first-order valence-corrected chi connectivity index (χ1v) is 7.12. The highest BCUT2D eigenvalue weighted by atomic mass is 16.3. The van der Waals surface area contributed by atoms with Crippen LogP contribution in [0.2, 0.25) is 0 Å². The minimum atomic E-state index is -0.255. The lowest BCUT2D eigenvalue weighted by Gasteiger charge is -2.18. The van der Waals surface area contributed by atoms with Crippen molar-refractivity contribution in [3.63, 3.8) is 0 Å². The van der Waals surface area contributed by atoms with Gasteiger partial charge in [0.25, 0.3) is 5.91 Å². The van der Waals surface area contributed by atoms with Gasteiger partial charge in [-0.2, -0.15) is 5.10 Å². The van der Waals surface area contributed by atoms with Gasteiger partial charge < -0.3 is 10.0 Å². The molecule has 0 spiro atoms. The topological polar surface area (TPSA) is 71.2 Å². The number of benzene rings is 1. The lowest BCUT2D eigenvalue weighted by atomic mass is 10.1. The predicted octanol–water partition coefficient (Wildman–Crippen LogP) is 2.25. The lowest BCUT2D eigenvalue weighted by molar-refractivity contribution is 0.0782. The largest absolute Gasteiger partial charge is 0.505 e. The molecule has 0 fully saturated rings. The summed E-state index contributed by atoms with van der Waals surface area (Å²) in [7, 11) is 1.70. The van der Waals surface area contributed by atoms with E-state index in [0.29, 0.717) is 6.54 Å². The molecule has 2 aromatic heterocycles. The van der Waals surface area contributed by atoms with Crippen LogP contribution in [-0.2, 0) is 6.54 Å². The van der Waals surface area contributed by atoms with Crippen LogP contribution in [0.5, 0.6) is 5.75 Å². The van der Waals surface area contributed by atoms with Crippen LogP contribution in [0.15, 0.2) is 61.2 Å². The fourth-order valence-electron chi connectivity index (χ4n) is 2.34. The van der Waals surface area contributed by atoms with Crippen molar-refractivity contribution in [2.24, 2.45) is 0 Å². The number of pyridine rings is 1. The fourth-order valence-corrected chi connectivity index (χ4v) is 2.34. The Kier molecular flexibility index (Phi) is 4.05. The van der Waals surface area contributed by atoms with Crippen LogP contribution >= 0.6 is 0 Å². The summed E-state index contributed by atoms with van der Waals surface area (Å²) in [4.78, 5) is 17.7. The molecular formula is C17H16N4O2. The first kappa shape index (κ1) is 14.8. The van der Waals surface area contributed by atoms with Crippen molar-refractivity contribution >= 4 is 5.91 Å². The van der Waals surface area contributed by atoms with Gasteiger partial charge in [0.2, 0.25) is 0 Å². The molecule has 0 unspecified atom stereocenters. The number of carbonyl (C=O) groups excluding carboxylic acids is 1. The number of carbonyl (C=O) groups is 1. The minimum absolute atomic E-state index is 0.116. The summed E-state index contributed by atoms with van der Waals surface area (Å²) >= 11 is 0. The summed E-state index contributed by atoms with van der Waals surface area (Å²) in [6.45, 7) is 0.426. The number of aromatic hydroxyl groups is 1. The Morgan fingerprint density at radius 2 is 2.13 bits per heavy atom. The van der Waals surface area contributed by atoms with Crippen molar-refractivity contribution in [1.29, 1.82) is 0 Å². The number of rotatable bonds is 4. The van der Waals surface area contributed by atoms with E-state index in [4.69, 9.17) is 0 Å². The van der Waals surface area contributed by atoms with E-state index in [-0.39, 0.29) is 17.2 Å². The van der Waals surface area contributed by atoms with Gasteiger partial charge in [0, 0.05) is 32.2 Å². The van der Waals surface area contributed by atoms with E-state index in [1.165, 1.54) is 18.5 Å². The maximum absolute atomic E-state index is 12.4. The third kappa shape index (κ3) is 3.21. The molecule has 23 heavy (non-hydrogen) atoms. The number of amides is 1. The maximum atomic E-state index is 12.4. The first-order chi connectivity index (χ1) is 11.1. The Hall–Kier alpha value is -3.15. The Bertz CT molecular complexity index is 815. The average Bonchev–Trinajstić information content (AvgIpc) is 3.09. The quantitative estimate of drug-likeness (QED) is 0.802. The molecule has 3 rings (SSSR count). The number of nitrogens with zero attached hydrogens (tertiary/aromatic N) is 4. The molecule has 116 valence electrons. The molecule has 1 N–H and O–H groups in total. The summed E-state index contributed by atoms with van der Waals surface area (Å²) in [6, 6.07) is 11.2. The lowest BCUT2D eigenvalue weighted by Crippen LogP contribution is -2.26. The fraction of sp³-hybridized carbons (Fsp3) is 0.118. The zero-order valence-corrected chi connectivity index (χ0v) is 12.6. The van der Waals surface area contributed by atoms with Crippen LogP contribution < -0.4 is 0 Å². The van der Waals surface area contributed by atoms with Gasteiger partial charge in [0.05, 0.1) is 17.4 Å². The zero-order valence-electron chi connectivity index (χ0n) is 12.6. The minimum Gasteiger partial charge on any atom is -0.505 e. The van der Waals surface area contributed by atoms with Crippen molar-refractivity contribution in [2.45, 2.75) is 6.54 Å². The highest BCUT2D eigenvalue weighted by molar-refractivity contribution is 5.96. The van der Waals surface area contributed by atoms with Gasteiger partial charge in [-0.3, -0.25) is 9.78 Å². The van der Waals surface area contributed by atoms with E-state index in [2.05, 4.69) is 10.1 Å². The summed E-state index contributed by atoms with van der Waals surface area (Å²) in [5, 5.41) is 13.9. The van der Waals surface area contributed by atoms with Gasteiger partial charge in [-0.05, 0) is 29.8 Å². The number of aromatic nitrogens is 3. The second kappa shape index (κ2) is 6.31. The summed E-state index contributed by atoms with van der Waals surface area (Å²) in [5.74, 6) is -0.371. The van der Waals surface area contributed by atoms with Crippen LogP contribution in [-0.4, -0.2) is 37.7 Å². The summed E-state index contributed by atoms with van der Waals surface area (Å²) < 4.78 is 1.76. The van der Waals surface area contributed by atoms with Crippen molar-refractivity contribution in [1.82, 2.24) is 19.7 Å². The van der Waals surface area contributed by atoms with Crippen LogP contribution in [0.4, 0.5) is 0 Å².